The third kappa shape index (κ3) is 4.38. The molecule has 3 heteroatoms. The summed E-state index contributed by atoms with van der Waals surface area (Å²) in [6.07, 6.45) is 0.932. The molecule has 1 nitrogen and oxygen atoms in total. The van der Waals surface area contributed by atoms with Crippen molar-refractivity contribution in [1.29, 1.82) is 0 Å². The van der Waals surface area contributed by atoms with Crippen molar-refractivity contribution in [2.24, 2.45) is 5.41 Å². The molecule has 2 aromatic rings. The van der Waals surface area contributed by atoms with E-state index in [1.54, 1.807) is 0 Å². The second-order valence-electron chi connectivity index (χ2n) is 8.55. The highest BCUT2D eigenvalue weighted by Gasteiger charge is 2.50. The Morgan fingerprint density at radius 3 is 1.65 bits per heavy atom. The van der Waals surface area contributed by atoms with Crippen LogP contribution in [0.3, 0.4) is 0 Å². The Bertz CT molecular complexity index is 677. The molecule has 0 spiro atoms. The van der Waals surface area contributed by atoms with E-state index in [2.05, 4.69) is 118 Å². The average molecular weight is 431 g/mol. The maximum absolute atomic E-state index is 6.93. The molecule has 2 aromatic carbocycles. The molecule has 0 saturated carbocycles. The molecular weight excluding hydrogens is 400 g/mol. The minimum atomic E-state index is -2.43. The quantitative estimate of drug-likeness (QED) is 0.497. The molecular formula is C23H31BrOSi. The Hall–Kier alpha value is -1.16. The zero-order chi connectivity index (χ0) is 19.4. The van der Waals surface area contributed by atoms with E-state index in [0.29, 0.717) is 6.61 Å². The van der Waals surface area contributed by atoms with Crippen LogP contribution in [0.5, 0.6) is 0 Å². The zero-order valence-corrected chi connectivity index (χ0v) is 19.3. The van der Waals surface area contributed by atoms with Crippen molar-refractivity contribution in [2.75, 3.05) is 6.61 Å². The van der Waals surface area contributed by atoms with E-state index in [9.17, 15) is 0 Å². The Morgan fingerprint density at radius 1 is 0.885 bits per heavy atom. The van der Waals surface area contributed by atoms with E-state index in [1.807, 2.05) is 0 Å². The van der Waals surface area contributed by atoms with Gasteiger partial charge in [0.1, 0.15) is 0 Å². The highest BCUT2D eigenvalue weighted by molar-refractivity contribution is 9.11. The highest BCUT2D eigenvalue weighted by atomic mass is 79.9. The van der Waals surface area contributed by atoms with Gasteiger partial charge in [-0.05, 0) is 31.7 Å². The van der Waals surface area contributed by atoms with Crippen LogP contribution in [0.25, 0.3) is 0 Å². The maximum Gasteiger partial charge on any atom is 0.261 e. The summed E-state index contributed by atoms with van der Waals surface area (Å²) >= 11 is 3.57. The number of hydrogen-bond acceptors (Lipinski definition) is 1. The van der Waals surface area contributed by atoms with Crippen LogP contribution in [0, 0.1) is 5.41 Å². The second-order valence-corrected chi connectivity index (χ2v) is 13.8. The lowest BCUT2D eigenvalue weighted by Gasteiger charge is -2.43. The summed E-state index contributed by atoms with van der Waals surface area (Å²) in [5.41, 5.74) is 0.00536. The summed E-state index contributed by atoms with van der Waals surface area (Å²) < 4.78 is 7.95. The number of benzene rings is 2. The van der Waals surface area contributed by atoms with Crippen molar-refractivity contribution < 1.29 is 4.43 Å². The lowest BCUT2D eigenvalue weighted by atomic mass is 9.90. The average Bonchev–Trinajstić information content (AvgIpc) is 2.59. The zero-order valence-electron chi connectivity index (χ0n) is 16.7. The van der Waals surface area contributed by atoms with Gasteiger partial charge in [0.15, 0.2) is 0 Å². The lowest BCUT2D eigenvalue weighted by Crippen LogP contribution is -2.66. The minimum Gasteiger partial charge on any atom is -0.407 e. The first-order valence-corrected chi connectivity index (χ1v) is 11.9. The summed E-state index contributed by atoms with van der Waals surface area (Å²) in [6.45, 7) is 16.1. The molecule has 0 saturated heterocycles. The first kappa shape index (κ1) is 21.1. The number of halogens is 1. The van der Waals surface area contributed by atoms with Gasteiger partial charge >= 0.3 is 0 Å². The molecule has 0 amide bonds. The molecule has 2 rings (SSSR count). The van der Waals surface area contributed by atoms with Gasteiger partial charge in [0.25, 0.3) is 8.32 Å². The van der Waals surface area contributed by atoms with E-state index in [-0.39, 0.29) is 10.5 Å². The van der Waals surface area contributed by atoms with Crippen molar-refractivity contribution in [2.45, 2.75) is 46.1 Å². The number of allylic oxidation sites excluding steroid dienone is 1. The molecule has 0 radical (unpaired) electrons. The van der Waals surface area contributed by atoms with E-state index in [4.69, 9.17) is 4.43 Å². The summed E-state index contributed by atoms with van der Waals surface area (Å²) in [6, 6.07) is 21.6. The molecule has 0 aliphatic heterocycles. The van der Waals surface area contributed by atoms with Crippen LogP contribution in [0.1, 0.15) is 41.0 Å². The van der Waals surface area contributed by atoms with E-state index in [0.717, 1.165) is 10.9 Å². The number of hydrogen-bond donors (Lipinski definition) is 0. The SMILES string of the molecule is C=C(Br)C(C)(C)CCO[Si](c1ccccc1)(c1ccccc1)C(C)(C)C. The highest BCUT2D eigenvalue weighted by Crippen LogP contribution is 2.38. The molecule has 0 bridgehead atoms. The molecule has 0 fully saturated rings. The van der Waals surface area contributed by atoms with Crippen molar-refractivity contribution in [1.82, 2.24) is 0 Å². The molecule has 0 atom stereocenters. The normalized spacial score (nSPS) is 12.8. The van der Waals surface area contributed by atoms with Crippen LogP contribution in [-0.2, 0) is 4.43 Å². The fraction of sp³-hybridized carbons (Fsp3) is 0.391. The lowest BCUT2D eigenvalue weighted by molar-refractivity contribution is 0.246. The fourth-order valence-electron chi connectivity index (χ4n) is 3.36. The largest absolute Gasteiger partial charge is 0.407 e. The molecule has 0 unspecified atom stereocenters. The molecule has 140 valence electrons. The maximum atomic E-state index is 6.93. The standard InChI is InChI=1S/C23H31BrOSi/c1-19(24)23(5,6)17-18-25-26(22(2,3)4,20-13-9-7-10-14-20)21-15-11-8-12-16-21/h7-16H,1,17-18H2,2-6H3. The topological polar surface area (TPSA) is 9.23 Å². The van der Waals surface area contributed by atoms with Gasteiger partial charge in [-0.3, -0.25) is 0 Å². The first-order chi connectivity index (χ1) is 12.1. The summed E-state index contributed by atoms with van der Waals surface area (Å²) in [7, 11) is -2.43. The van der Waals surface area contributed by atoms with Gasteiger partial charge in [-0.1, -0.05) is 118 Å². The Labute approximate surface area is 168 Å². The summed E-state index contributed by atoms with van der Waals surface area (Å²) in [5.74, 6) is 0. The molecule has 0 N–H and O–H groups in total. The fourth-order valence-corrected chi connectivity index (χ4v) is 8.12. The molecule has 0 heterocycles. The number of rotatable bonds is 7. The third-order valence-corrected chi connectivity index (χ3v) is 11.3. The molecule has 0 aliphatic rings. The van der Waals surface area contributed by atoms with Crippen molar-refractivity contribution in [3.63, 3.8) is 0 Å². The van der Waals surface area contributed by atoms with Gasteiger partial charge in [0, 0.05) is 6.61 Å². The van der Waals surface area contributed by atoms with Gasteiger partial charge in [-0.15, -0.1) is 0 Å². The predicted octanol–water partition coefficient (Wildman–Crippen LogP) is 5.89. The Balaban J connectivity index is 2.49. The Morgan fingerprint density at radius 2 is 1.31 bits per heavy atom. The van der Waals surface area contributed by atoms with E-state index < -0.39 is 8.32 Å². The first-order valence-electron chi connectivity index (χ1n) is 9.21. The van der Waals surface area contributed by atoms with Crippen LogP contribution in [0.15, 0.2) is 71.7 Å². The summed E-state index contributed by atoms with van der Waals surface area (Å²) in [4.78, 5) is 0. The van der Waals surface area contributed by atoms with Crippen molar-refractivity contribution >= 4 is 34.6 Å². The van der Waals surface area contributed by atoms with Gasteiger partial charge in [0.2, 0.25) is 0 Å². The van der Waals surface area contributed by atoms with Crippen LogP contribution < -0.4 is 10.4 Å². The van der Waals surface area contributed by atoms with Crippen molar-refractivity contribution in [3.8, 4) is 0 Å². The van der Waals surface area contributed by atoms with Gasteiger partial charge < -0.3 is 4.43 Å². The van der Waals surface area contributed by atoms with Gasteiger partial charge in [-0.25, -0.2) is 0 Å². The van der Waals surface area contributed by atoms with Crippen molar-refractivity contribution in [3.05, 3.63) is 71.7 Å². The second kappa shape index (κ2) is 8.24. The van der Waals surface area contributed by atoms with E-state index in [1.165, 1.54) is 10.4 Å². The van der Waals surface area contributed by atoms with Crippen LogP contribution in [0.2, 0.25) is 5.04 Å². The molecule has 0 aromatic heterocycles. The van der Waals surface area contributed by atoms with Crippen LogP contribution in [0.4, 0.5) is 0 Å². The molecule has 26 heavy (non-hydrogen) atoms. The monoisotopic (exact) mass is 430 g/mol. The smallest absolute Gasteiger partial charge is 0.261 e. The Kier molecular flexibility index (Phi) is 6.70. The third-order valence-electron chi connectivity index (χ3n) is 5.20. The summed E-state index contributed by atoms with van der Waals surface area (Å²) in [5, 5.41) is 2.67. The van der Waals surface area contributed by atoms with Gasteiger partial charge in [-0.2, -0.15) is 0 Å². The van der Waals surface area contributed by atoms with E-state index >= 15 is 0 Å². The van der Waals surface area contributed by atoms with Gasteiger partial charge in [0.05, 0.1) is 0 Å². The molecule has 0 aliphatic carbocycles. The van der Waals surface area contributed by atoms with Crippen LogP contribution >= 0.6 is 15.9 Å². The minimum absolute atomic E-state index is 0.00536. The predicted molar refractivity (Wildman–Crippen MR) is 120 cm³/mol. The van der Waals surface area contributed by atoms with Crippen LogP contribution in [-0.4, -0.2) is 14.9 Å².